The van der Waals surface area contributed by atoms with Gasteiger partial charge in [0.05, 0.1) is 21.6 Å². The Bertz CT molecular complexity index is 965. The van der Waals surface area contributed by atoms with Crippen molar-refractivity contribution < 1.29 is 14.6 Å². The van der Waals surface area contributed by atoms with Crippen molar-refractivity contribution in [3.8, 4) is 35.2 Å². The molecule has 0 heterocycles. The Morgan fingerprint density at radius 2 is 1.17 bits per heavy atom. The number of ether oxygens (including phenoxy) is 1. The number of hydrogen-bond donors (Lipinski definition) is 0. The second kappa shape index (κ2) is 10.9. The molecule has 0 saturated carbocycles. The number of rotatable bonds is 6. The minimum atomic E-state index is -0.615. The average Bonchev–Trinajstić information content (AvgIpc) is 2.70. The molecule has 0 aliphatic rings. The first-order valence-electron chi connectivity index (χ1n) is 8.22. The Morgan fingerprint density at radius 3 is 1.52 bits per heavy atom. The van der Waals surface area contributed by atoms with Crippen LogP contribution < -0.4 is 4.74 Å². The molecule has 2 aromatic carbocycles. The number of nitrogens with zero attached hydrogens (tertiary/aromatic N) is 2. The Balaban J connectivity index is 2.36. The third-order valence-corrected chi connectivity index (χ3v) is 3.90. The third-order valence-electron chi connectivity index (χ3n) is 3.63. The first-order valence-corrected chi connectivity index (χ1v) is 9.29. The van der Waals surface area contributed by atoms with Crippen LogP contribution in [-0.2, 0) is 12.8 Å². The van der Waals surface area contributed by atoms with Crippen LogP contribution in [0.4, 0.5) is 11.4 Å². The standard InChI is InChI=1S/C20H14Cl2N2O5/c21-11-3-1-5-15-7-9-19(17(13-15)23(25)26)29-20-10-8-16(6-2-4-12-22)14-18(20)24(27)28/h7-10,13-14H,5-6,11-12H2. The zero-order valence-electron chi connectivity index (χ0n) is 15.0. The molecule has 0 radical (unpaired) electrons. The lowest BCUT2D eigenvalue weighted by Crippen LogP contribution is -1.98. The summed E-state index contributed by atoms with van der Waals surface area (Å²) < 4.78 is 5.53. The fraction of sp³-hybridized carbons (Fsp3) is 0.200. The molecule has 2 rings (SSSR count). The fourth-order valence-corrected chi connectivity index (χ4v) is 2.53. The highest BCUT2D eigenvalue weighted by atomic mass is 35.5. The molecule has 0 atom stereocenters. The van der Waals surface area contributed by atoms with Gasteiger partial charge in [-0.25, -0.2) is 0 Å². The van der Waals surface area contributed by atoms with Crippen molar-refractivity contribution in [3.63, 3.8) is 0 Å². The summed E-state index contributed by atoms with van der Waals surface area (Å²) in [5.41, 5.74) is 0.566. The Hall–Kier alpha value is -3.26. The van der Waals surface area contributed by atoms with Gasteiger partial charge in [0.1, 0.15) is 0 Å². The Labute approximate surface area is 176 Å². The number of halogens is 2. The molecule has 0 unspecified atom stereocenters. The molecule has 9 heteroatoms. The van der Waals surface area contributed by atoms with Gasteiger partial charge in [-0.05, 0) is 23.3 Å². The van der Waals surface area contributed by atoms with Crippen LogP contribution in [0.3, 0.4) is 0 Å². The van der Waals surface area contributed by atoms with Crippen molar-refractivity contribution in [2.24, 2.45) is 0 Å². The maximum absolute atomic E-state index is 11.4. The highest BCUT2D eigenvalue weighted by molar-refractivity contribution is 6.19. The summed E-state index contributed by atoms with van der Waals surface area (Å²) in [6, 6.07) is 8.62. The van der Waals surface area contributed by atoms with Crippen molar-refractivity contribution in [1.82, 2.24) is 0 Å². The lowest BCUT2D eigenvalue weighted by atomic mass is 10.1. The summed E-state index contributed by atoms with van der Waals surface area (Å²) in [6.07, 6.45) is 0.568. The van der Waals surface area contributed by atoms with Crippen LogP contribution in [0, 0.1) is 43.9 Å². The van der Waals surface area contributed by atoms with Crippen LogP contribution in [-0.4, -0.2) is 21.6 Å². The highest BCUT2D eigenvalue weighted by Gasteiger charge is 2.22. The van der Waals surface area contributed by atoms with Gasteiger partial charge in [0, 0.05) is 25.0 Å². The van der Waals surface area contributed by atoms with Crippen molar-refractivity contribution in [1.29, 1.82) is 0 Å². The van der Waals surface area contributed by atoms with E-state index in [2.05, 4.69) is 23.7 Å². The summed E-state index contributed by atoms with van der Waals surface area (Å²) in [5.74, 6) is 11.0. The summed E-state index contributed by atoms with van der Waals surface area (Å²) in [4.78, 5) is 21.6. The van der Waals surface area contributed by atoms with Crippen molar-refractivity contribution >= 4 is 34.6 Å². The lowest BCUT2D eigenvalue weighted by Gasteiger charge is -2.08. The van der Waals surface area contributed by atoms with E-state index < -0.39 is 9.85 Å². The van der Waals surface area contributed by atoms with Gasteiger partial charge in [0.15, 0.2) is 0 Å². The van der Waals surface area contributed by atoms with Crippen LogP contribution in [0.2, 0.25) is 0 Å². The summed E-state index contributed by atoms with van der Waals surface area (Å²) in [7, 11) is 0. The zero-order chi connectivity index (χ0) is 21.2. The molecule has 148 valence electrons. The van der Waals surface area contributed by atoms with Crippen molar-refractivity contribution in [2.45, 2.75) is 12.8 Å². The van der Waals surface area contributed by atoms with Crippen molar-refractivity contribution in [2.75, 3.05) is 11.8 Å². The van der Waals surface area contributed by atoms with E-state index in [-0.39, 0.29) is 47.5 Å². The lowest BCUT2D eigenvalue weighted by molar-refractivity contribution is -0.387. The predicted octanol–water partition coefficient (Wildman–Crippen LogP) is 4.86. The molecule has 0 fully saturated rings. The second-order valence-electron chi connectivity index (χ2n) is 5.55. The SMILES string of the molecule is O=[N+]([O-])c1cc(CC#CCCl)ccc1Oc1ccc(CC#CCCl)cc1[N+](=O)[O-]. The largest absolute Gasteiger partial charge is 0.443 e. The van der Waals surface area contributed by atoms with Gasteiger partial charge in [-0.15, -0.1) is 23.2 Å². The summed E-state index contributed by atoms with van der Waals surface area (Å²) in [6.45, 7) is 0. The Kier molecular flexibility index (Phi) is 8.29. The van der Waals surface area contributed by atoms with Gasteiger partial charge < -0.3 is 4.74 Å². The first kappa shape index (κ1) is 22.0. The molecule has 0 aliphatic carbocycles. The quantitative estimate of drug-likeness (QED) is 0.281. The molecule has 0 spiro atoms. The van der Waals surface area contributed by atoms with Crippen LogP contribution >= 0.6 is 23.2 Å². The monoisotopic (exact) mass is 432 g/mol. The topological polar surface area (TPSA) is 95.5 Å². The molecule has 0 bridgehead atoms. The van der Waals surface area contributed by atoms with Crippen LogP contribution in [0.25, 0.3) is 0 Å². The third kappa shape index (κ3) is 6.39. The number of alkyl halides is 2. The average molecular weight is 433 g/mol. The molecular weight excluding hydrogens is 419 g/mol. The molecular formula is C20H14Cl2N2O5. The van der Waals surface area contributed by atoms with E-state index in [0.717, 1.165) is 0 Å². The van der Waals surface area contributed by atoms with E-state index in [1.807, 2.05) is 0 Å². The van der Waals surface area contributed by atoms with E-state index in [9.17, 15) is 20.2 Å². The van der Waals surface area contributed by atoms with Gasteiger partial charge in [0.2, 0.25) is 11.5 Å². The molecule has 0 N–H and O–H groups in total. The van der Waals surface area contributed by atoms with Gasteiger partial charge >= 0.3 is 11.4 Å². The predicted molar refractivity (Wildman–Crippen MR) is 111 cm³/mol. The minimum Gasteiger partial charge on any atom is -0.443 e. The van der Waals surface area contributed by atoms with Gasteiger partial charge in [-0.3, -0.25) is 20.2 Å². The normalized spacial score (nSPS) is 9.59. The van der Waals surface area contributed by atoms with E-state index in [4.69, 9.17) is 27.9 Å². The maximum atomic E-state index is 11.4. The number of nitro groups is 2. The van der Waals surface area contributed by atoms with Gasteiger partial charge in [-0.1, -0.05) is 35.8 Å². The van der Waals surface area contributed by atoms with Gasteiger partial charge in [0.25, 0.3) is 0 Å². The smallest absolute Gasteiger partial charge is 0.311 e. The highest BCUT2D eigenvalue weighted by Crippen LogP contribution is 2.37. The molecule has 0 saturated heterocycles. The van der Waals surface area contributed by atoms with Crippen LogP contribution in [0.5, 0.6) is 11.5 Å². The zero-order valence-corrected chi connectivity index (χ0v) is 16.5. The second-order valence-corrected chi connectivity index (χ2v) is 6.08. The summed E-state index contributed by atoms with van der Waals surface area (Å²) >= 11 is 11.0. The van der Waals surface area contributed by atoms with E-state index >= 15 is 0 Å². The molecule has 2 aromatic rings. The number of nitro benzene ring substituents is 2. The van der Waals surface area contributed by atoms with E-state index in [1.54, 1.807) is 12.1 Å². The molecule has 29 heavy (non-hydrogen) atoms. The molecule has 0 aromatic heterocycles. The van der Waals surface area contributed by atoms with Gasteiger partial charge in [-0.2, -0.15) is 0 Å². The van der Waals surface area contributed by atoms with Crippen LogP contribution in [0.1, 0.15) is 11.1 Å². The van der Waals surface area contributed by atoms with Crippen LogP contribution in [0.15, 0.2) is 36.4 Å². The molecule has 0 amide bonds. The van der Waals surface area contributed by atoms with E-state index in [0.29, 0.717) is 11.1 Å². The molecule has 7 nitrogen and oxygen atoms in total. The minimum absolute atomic E-state index is 0.109. The number of benzene rings is 2. The Morgan fingerprint density at radius 1 is 0.759 bits per heavy atom. The fourth-order valence-electron chi connectivity index (χ4n) is 2.35. The van der Waals surface area contributed by atoms with Crippen molar-refractivity contribution in [3.05, 3.63) is 67.8 Å². The summed E-state index contributed by atoms with van der Waals surface area (Å²) in [5, 5.41) is 22.8. The maximum Gasteiger partial charge on any atom is 0.311 e. The number of hydrogen-bond acceptors (Lipinski definition) is 5. The molecule has 0 aliphatic heterocycles. The first-order chi connectivity index (χ1) is 14.0. The van der Waals surface area contributed by atoms with E-state index in [1.165, 1.54) is 24.3 Å².